The summed E-state index contributed by atoms with van der Waals surface area (Å²) < 4.78 is 12.6. The lowest BCUT2D eigenvalue weighted by molar-refractivity contribution is -0.917. The van der Waals surface area contributed by atoms with E-state index >= 15 is 0 Å². The van der Waals surface area contributed by atoms with Gasteiger partial charge in [-0.3, -0.25) is 0 Å². The van der Waals surface area contributed by atoms with E-state index in [1.807, 2.05) is 37.3 Å². The number of hydrogen-bond donors (Lipinski definition) is 0. The van der Waals surface area contributed by atoms with Crippen LogP contribution in [-0.2, 0) is 22.5 Å². The number of rotatable bonds is 17. The molecule has 0 saturated carbocycles. The van der Waals surface area contributed by atoms with Crippen LogP contribution in [0.15, 0.2) is 54.6 Å². The lowest BCUT2D eigenvalue weighted by Gasteiger charge is -2.35. The highest BCUT2D eigenvalue weighted by Crippen LogP contribution is 2.21. The summed E-state index contributed by atoms with van der Waals surface area (Å²) in [6, 6.07) is 18.2. The van der Waals surface area contributed by atoms with Crippen molar-refractivity contribution in [2.24, 2.45) is 0 Å². The molecule has 2 atom stereocenters. The third kappa shape index (κ3) is 10.9. The molecule has 0 N–H and O–H groups in total. The zero-order chi connectivity index (χ0) is 25.5. The zero-order valence-electron chi connectivity index (χ0n) is 22.8. The summed E-state index contributed by atoms with van der Waals surface area (Å²) >= 11 is 0. The van der Waals surface area contributed by atoms with Gasteiger partial charge in [0, 0.05) is 12.0 Å². The van der Waals surface area contributed by atoms with Crippen molar-refractivity contribution in [1.29, 1.82) is 0 Å². The highest BCUT2D eigenvalue weighted by molar-refractivity contribution is 5.74. The summed E-state index contributed by atoms with van der Waals surface area (Å²) in [4.78, 5) is 13.1. The lowest BCUT2D eigenvalue weighted by atomic mass is 10.0. The molecular weight excluding hydrogens is 434 g/mol. The van der Waals surface area contributed by atoms with Crippen molar-refractivity contribution in [2.75, 3.05) is 14.1 Å². The van der Waals surface area contributed by atoms with Crippen molar-refractivity contribution in [3.63, 3.8) is 0 Å². The summed E-state index contributed by atoms with van der Waals surface area (Å²) in [5, 5.41) is 0. The number of esters is 1. The van der Waals surface area contributed by atoms with Crippen LogP contribution in [0.1, 0.15) is 89.7 Å². The van der Waals surface area contributed by atoms with E-state index in [4.69, 9.17) is 9.47 Å². The summed E-state index contributed by atoms with van der Waals surface area (Å²) in [5.74, 6) is 0.561. The van der Waals surface area contributed by atoms with Gasteiger partial charge in [-0.05, 0) is 43.9 Å². The maximum absolute atomic E-state index is 13.1. The Morgan fingerprint density at radius 3 is 2.17 bits per heavy atom. The molecule has 0 aliphatic heterocycles. The fourth-order valence-electron chi connectivity index (χ4n) is 4.29. The van der Waals surface area contributed by atoms with Gasteiger partial charge >= 0.3 is 5.97 Å². The van der Waals surface area contributed by atoms with Crippen LogP contribution in [0.4, 0.5) is 0 Å². The quantitative estimate of drug-likeness (QED) is 0.100. The molecule has 194 valence electrons. The molecule has 0 aliphatic rings. The van der Waals surface area contributed by atoms with E-state index in [0.29, 0.717) is 10.9 Å². The second kappa shape index (κ2) is 15.6. The standard InChI is InChI=1S/C31H48NO3/c1-6-8-9-10-11-12-14-19-27-22-17-23-29(24-27)34-30(18-7-2)35-31(33)26(3)32(4,5)25-28-20-15-13-16-21-28/h13,15-17,20-24,26,30H,6-12,14,18-19,25H2,1-5H3/q+1. The molecule has 0 heterocycles. The zero-order valence-corrected chi connectivity index (χ0v) is 22.8. The summed E-state index contributed by atoms with van der Waals surface area (Å²) in [6.07, 6.45) is 11.2. The van der Waals surface area contributed by atoms with Crippen molar-refractivity contribution in [2.45, 2.75) is 104 Å². The van der Waals surface area contributed by atoms with Crippen molar-refractivity contribution in [3.8, 4) is 5.75 Å². The molecule has 0 fully saturated rings. The van der Waals surface area contributed by atoms with Crippen LogP contribution in [-0.4, -0.2) is 36.9 Å². The minimum Gasteiger partial charge on any atom is -0.455 e. The Morgan fingerprint density at radius 2 is 1.49 bits per heavy atom. The Morgan fingerprint density at radius 1 is 0.829 bits per heavy atom. The fraction of sp³-hybridized carbons (Fsp3) is 0.581. The van der Waals surface area contributed by atoms with E-state index in [9.17, 15) is 4.79 Å². The van der Waals surface area contributed by atoms with Gasteiger partial charge in [-0.2, -0.15) is 0 Å². The smallest absolute Gasteiger partial charge is 0.367 e. The van der Waals surface area contributed by atoms with Crippen LogP contribution < -0.4 is 4.74 Å². The van der Waals surface area contributed by atoms with Crippen molar-refractivity contribution < 1.29 is 18.8 Å². The molecule has 0 spiro atoms. The number of quaternary nitrogens is 1. The third-order valence-electron chi connectivity index (χ3n) is 6.83. The second-order valence-corrected chi connectivity index (χ2v) is 10.4. The van der Waals surface area contributed by atoms with Crippen LogP contribution in [0.3, 0.4) is 0 Å². The normalized spacial score (nSPS) is 13.3. The van der Waals surface area contributed by atoms with E-state index < -0.39 is 6.29 Å². The van der Waals surface area contributed by atoms with E-state index in [2.05, 4.69) is 52.2 Å². The Kier molecular flexibility index (Phi) is 12.9. The number of nitrogens with zero attached hydrogens (tertiary/aromatic N) is 1. The number of unbranched alkanes of at least 4 members (excludes halogenated alkanes) is 6. The Labute approximate surface area is 214 Å². The van der Waals surface area contributed by atoms with E-state index in [0.717, 1.165) is 25.1 Å². The van der Waals surface area contributed by atoms with Gasteiger partial charge in [-0.1, -0.05) is 94.8 Å². The maximum Gasteiger partial charge on any atom is 0.367 e. The molecule has 0 aliphatic carbocycles. The number of carbonyl (C=O) groups is 1. The molecule has 2 aromatic carbocycles. The molecule has 0 radical (unpaired) electrons. The van der Waals surface area contributed by atoms with Crippen LogP contribution in [0, 0.1) is 0 Å². The molecule has 2 aromatic rings. The second-order valence-electron chi connectivity index (χ2n) is 10.4. The van der Waals surface area contributed by atoms with Crippen molar-refractivity contribution >= 4 is 5.97 Å². The largest absolute Gasteiger partial charge is 0.455 e. The summed E-state index contributed by atoms with van der Waals surface area (Å²) in [5.41, 5.74) is 2.49. The van der Waals surface area contributed by atoms with Crippen LogP contribution in [0.25, 0.3) is 0 Å². The Bertz CT molecular complexity index is 849. The minimum absolute atomic E-state index is 0.219. The van der Waals surface area contributed by atoms with Gasteiger partial charge in [0.1, 0.15) is 12.3 Å². The average Bonchev–Trinajstić information content (AvgIpc) is 2.83. The monoisotopic (exact) mass is 482 g/mol. The Balaban J connectivity index is 1.89. The van der Waals surface area contributed by atoms with E-state index in [1.54, 1.807) is 0 Å². The van der Waals surface area contributed by atoms with Gasteiger partial charge < -0.3 is 14.0 Å². The molecular formula is C31H48NO3+. The SMILES string of the molecule is CCCCCCCCCc1cccc(OC(CCC)OC(=O)C(C)[N+](C)(C)Cc2ccccc2)c1. The Hall–Kier alpha value is -2.33. The number of hydrogen-bond acceptors (Lipinski definition) is 3. The molecule has 0 amide bonds. The summed E-state index contributed by atoms with van der Waals surface area (Å²) in [6.45, 7) is 7.04. The first-order chi connectivity index (χ1) is 16.9. The summed E-state index contributed by atoms with van der Waals surface area (Å²) in [7, 11) is 4.14. The average molecular weight is 483 g/mol. The first kappa shape index (κ1) is 28.9. The molecule has 2 rings (SSSR count). The van der Waals surface area contributed by atoms with Gasteiger partial charge in [0.15, 0.2) is 6.04 Å². The minimum atomic E-state index is -0.569. The van der Waals surface area contributed by atoms with Crippen LogP contribution >= 0.6 is 0 Å². The predicted octanol–water partition coefficient (Wildman–Crippen LogP) is 7.69. The molecule has 4 heteroatoms. The molecule has 35 heavy (non-hydrogen) atoms. The highest BCUT2D eigenvalue weighted by atomic mass is 16.7. The van der Waals surface area contributed by atoms with E-state index in [-0.39, 0.29) is 12.0 Å². The van der Waals surface area contributed by atoms with Crippen molar-refractivity contribution in [1.82, 2.24) is 0 Å². The number of carbonyl (C=O) groups excluding carboxylic acids is 1. The van der Waals surface area contributed by atoms with Gasteiger partial charge in [0.05, 0.1) is 14.1 Å². The number of benzene rings is 2. The first-order valence-electron chi connectivity index (χ1n) is 13.7. The molecule has 4 nitrogen and oxygen atoms in total. The molecule has 0 bridgehead atoms. The number of ether oxygens (including phenoxy) is 2. The van der Waals surface area contributed by atoms with Crippen molar-refractivity contribution in [3.05, 3.63) is 65.7 Å². The number of aryl methyl sites for hydroxylation is 1. The molecule has 0 aromatic heterocycles. The fourth-order valence-corrected chi connectivity index (χ4v) is 4.29. The predicted molar refractivity (Wildman–Crippen MR) is 145 cm³/mol. The van der Waals surface area contributed by atoms with Crippen LogP contribution in [0.5, 0.6) is 5.75 Å². The van der Waals surface area contributed by atoms with Gasteiger partial charge in [-0.15, -0.1) is 0 Å². The van der Waals surface area contributed by atoms with Gasteiger partial charge in [0.25, 0.3) is 0 Å². The maximum atomic E-state index is 13.1. The highest BCUT2D eigenvalue weighted by Gasteiger charge is 2.34. The molecule has 2 unspecified atom stereocenters. The topological polar surface area (TPSA) is 35.5 Å². The van der Waals surface area contributed by atoms with Gasteiger partial charge in [-0.25, -0.2) is 4.79 Å². The first-order valence-corrected chi connectivity index (χ1v) is 13.7. The van der Waals surface area contributed by atoms with E-state index in [1.165, 1.54) is 56.1 Å². The lowest BCUT2D eigenvalue weighted by Crippen LogP contribution is -2.52. The third-order valence-corrected chi connectivity index (χ3v) is 6.83. The number of likely N-dealkylation sites (N-methyl/N-ethyl adjacent to an activating group) is 1. The van der Waals surface area contributed by atoms with Crippen LogP contribution in [0.2, 0.25) is 0 Å². The molecule has 0 saturated heterocycles. The van der Waals surface area contributed by atoms with Gasteiger partial charge in [0.2, 0.25) is 6.29 Å².